The number of hydrogen-bond donors (Lipinski definition) is 1. The highest BCUT2D eigenvalue weighted by Gasteiger charge is 2.01. The maximum absolute atomic E-state index is 9.31. The van der Waals surface area contributed by atoms with Gasteiger partial charge in [-0.15, -0.1) is 0 Å². The number of allylic oxidation sites excluding steroid dienone is 3. The van der Waals surface area contributed by atoms with Gasteiger partial charge in [-0.2, -0.15) is 0 Å². The molecule has 0 bridgehead atoms. The number of rotatable bonds is 7. The van der Waals surface area contributed by atoms with Crippen molar-refractivity contribution in [1.82, 2.24) is 0 Å². The Bertz CT molecular complexity index is 441. The summed E-state index contributed by atoms with van der Waals surface area (Å²) in [6.45, 7) is 5.85. The monoisotopic (exact) mass is 258 g/mol. The minimum absolute atomic E-state index is 0.146. The number of hydrogen-bond acceptors (Lipinski definition) is 2. The zero-order valence-corrected chi connectivity index (χ0v) is 11.7. The normalized spacial score (nSPS) is 13.5. The van der Waals surface area contributed by atoms with Gasteiger partial charge < -0.3 is 9.84 Å². The molecule has 2 heteroatoms. The third kappa shape index (κ3) is 5.58. The van der Waals surface area contributed by atoms with Gasteiger partial charge in [0.25, 0.3) is 0 Å². The van der Waals surface area contributed by atoms with Crippen molar-refractivity contribution < 1.29 is 9.84 Å². The summed E-state index contributed by atoms with van der Waals surface area (Å²) in [5.74, 6) is 1.00. The molecule has 0 aromatic heterocycles. The molecule has 102 valence electrons. The predicted molar refractivity (Wildman–Crippen MR) is 81.2 cm³/mol. The van der Waals surface area contributed by atoms with E-state index in [1.165, 1.54) is 0 Å². The Balaban J connectivity index is 2.58. The number of ether oxygens (including phenoxy) is 1. The lowest BCUT2D eigenvalue weighted by Crippen LogP contribution is -2.01. The zero-order chi connectivity index (χ0) is 14.1. The fraction of sp³-hybridized carbons (Fsp3) is 0.294. The summed E-state index contributed by atoms with van der Waals surface area (Å²) in [4.78, 5) is 0. The molecule has 19 heavy (non-hydrogen) atoms. The van der Waals surface area contributed by atoms with Gasteiger partial charge in [0.05, 0.1) is 7.11 Å². The SMILES string of the molecule is C=C/C(C)=C/C(CO)C/C=C/c1ccc(OC)cc1. The summed E-state index contributed by atoms with van der Waals surface area (Å²) in [5, 5.41) is 9.31. The van der Waals surface area contributed by atoms with E-state index in [1.807, 2.05) is 37.3 Å². The van der Waals surface area contributed by atoms with Gasteiger partial charge in [-0.05, 0) is 31.0 Å². The number of methoxy groups -OCH3 is 1. The van der Waals surface area contributed by atoms with Gasteiger partial charge in [0.2, 0.25) is 0 Å². The van der Waals surface area contributed by atoms with E-state index in [0.29, 0.717) is 0 Å². The molecule has 0 aliphatic carbocycles. The smallest absolute Gasteiger partial charge is 0.118 e. The third-order valence-electron chi connectivity index (χ3n) is 2.92. The number of benzene rings is 1. The second-order valence-electron chi connectivity index (χ2n) is 4.47. The largest absolute Gasteiger partial charge is 0.497 e. The third-order valence-corrected chi connectivity index (χ3v) is 2.92. The van der Waals surface area contributed by atoms with Crippen LogP contribution in [0.15, 0.2) is 54.6 Å². The Morgan fingerprint density at radius 1 is 1.37 bits per heavy atom. The van der Waals surface area contributed by atoms with Crippen LogP contribution in [0.2, 0.25) is 0 Å². The van der Waals surface area contributed by atoms with E-state index in [9.17, 15) is 5.11 Å². The van der Waals surface area contributed by atoms with E-state index in [0.717, 1.165) is 23.3 Å². The molecule has 0 fully saturated rings. The molecule has 0 amide bonds. The van der Waals surface area contributed by atoms with Crippen molar-refractivity contribution in [2.75, 3.05) is 13.7 Å². The molecule has 1 aromatic rings. The van der Waals surface area contributed by atoms with Crippen LogP contribution in [-0.4, -0.2) is 18.8 Å². The van der Waals surface area contributed by atoms with Crippen LogP contribution in [0.5, 0.6) is 5.75 Å². The Hall–Kier alpha value is -1.80. The molecule has 0 saturated heterocycles. The Morgan fingerprint density at radius 2 is 2.05 bits per heavy atom. The van der Waals surface area contributed by atoms with Crippen LogP contribution >= 0.6 is 0 Å². The fourth-order valence-corrected chi connectivity index (χ4v) is 1.73. The molecule has 0 heterocycles. The van der Waals surface area contributed by atoms with Gasteiger partial charge in [-0.25, -0.2) is 0 Å². The Morgan fingerprint density at radius 3 is 2.58 bits per heavy atom. The lowest BCUT2D eigenvalue weighted by Gasteiger charge is -2.06. The van der Waals surface area contributed by atoms with Crippen LogP contribution in [-0.2, 0) is 0 Å². The number of aliphatic hydroxyl groups excluding tert-OH is 1. The summed E-state index contributed by atoms with van der Waals surface area (Å²) < 4.78 is 5.11. The van der Waals surface area contributed by atoms with Crippen LogP contribution in [0, 0.1) is 5.92 Å². The Kier molecular flexibility index (Phi) is 6.69. The van der Waals surface area contributed by atoms with Gasteiger partial charge in [0, 0.05) is 12.5 Å². The molecule has 0 aliphatic rings. The highest BCUT2D eigenvalue weighted by molar-refractivity contribution is 5.50. The fourth-order valence-electron chi connectivity index (χ4n) is 1.73. The van der Waals surface area contributed by atoms with Crippen LogP contribution in [0.3, 0.4) is 0 Å². The van der Waals surface area contributed by atoms with E-state index < -0.39 is 0 Å². The van der Waals surface area contributed by atoms with Crippen LogP contribution in [0.25, 0.3) is 6.08 Å². The molecule has 0 radical (unpaired) electrons. The van der Waals surface area contributed by atoms with Gasteiger partial charge in [0.1, 0.15) is 5.75 Å². The van der Waals surface area contributed by atoms with E-state index in [2.05, 4.69) is 18.7 Å². The highest BCUT2D eigenvalue weighted by Crippen LogP contribution is 2.14. The van der Waals surface area contributed by atoms with E-state index in [4.69, 9.17) is 4.74 Å². The molecular formula is C17H22O2. The molecule has 0 saturated carbocycles. The van der Waals surface area contributed by atoms with Crippen molar-refractivity contribution in [2.24, 2.45) is 5.92 Å². The molecule has 1 rings (SSSR count). The van der Waals surface area contributed by atoms with Crippen molar-refractivity contribution in [3.05, 3.63) is 60.2 Å². The van der Waals surface area contributed by atoms with Gasteiger partial charge >= 0.3 is 0 Å². The van der Waals surface area contributed by atoms with Crippen molar-refractivity contribution in [3.8, 4) is 5.75 Å². The van der Waals surface area contributed by atoms with Crippen molar-refractivity contribution in [2.45, 2.75) is 13.3 Å². The van der Waals surface area contributed by atoms with Crippen LogP contribution in [0.1, 0.15) is 18.9 Å². The molecular weight excluding hydrogens is 236 g/mol. The van der Waals surface area contributed by atoms with Crippen molar-refractivity contribution in [1.29, 1.82) is 0 Å². The average molecular weight is 258 g/mol. The Labute approximate surface area is 115 Å². The van der Waals surface area contributed by atoms with Crippen molar-refractivity contribution >= 4 is 6.08 Å². The molecule has 1 N–H and O–H groups in total. The topological polar surface area (TPSA) is 29.5 Å². The maximum Gasteiger partial charge on any atom is 0.118 e. The molecule has 0 spiro atoms. The van der Waals surface area contributed by atoms with E-state index >= 15 is 0 Å². The van der Waals surface area contributed by atoms with Gasteiger partial charge in [-0.1, -0.05) is 48.6 Å². The lowest BCUT2D eigenvalue weighted by atomic mass is 10.0. The summed E-state index contributed by atoms with van der Waals surface area (Å²) in [6.07, 6.45) is 8.80. The minimum Gasteiger partial charge on any atom is -0.497 e. The van der Waals surface area contributed by atoms with E-state index in [1.54, 1.807) is 13.2 Å². The average Bonchev–Trinajstić information content (AvgIpc) is 2.46. The number of aliphatic hydroxyl groups is 1. The molecule has 0 aliphatic heterocycles. The summed E-state index contributed by atoms with van der Waals surface area (Å²) in [6, 6.07) is 7.89. The van der Waals surface area contributed by atoms with Gasteiger partial charge in [-0.3, -0.25) is 0 Å². The van der Waals surface area contributed by atoms with Crippen LogP contribution in [0.4, 0.5) is 0 Å². The first-order valence-electron chi connectivity index (χ1n) is 6.42. The molecule has 1 unspecified atom stereocenters. The molecule has 1 atom stereocenters. The summed E-state index contributed by atoms with van der Waals surface area (Å²) in [7, 11) is 1.66. The standard InChI is InChI=1S/C17H22O2/c1-4-14(2)12-16(13-18)7-5-6-15-8-10-17(19-3)11-9-15/h4-6,8-12,16,18H,1,7,13H2,2-3H3/b6-5+,14-12+. The minimum atomic E-state index is 0.146. The quantitative estimate of drug-likeness (QED) is 0.753. The first kappa shape index (κ1) is 15.3. The predicted octanol–water partition coefficient (Wildman–Crippen LogP) is 3.84. The van der Waals surface area contributed by atoms with E-state index in [-0.39, 0.29) is 12.5 Å². The first-order chi connectivity index (χ1) is 9.19. The first-order valence-corrected chi connectivity index (χ1v) is 6.42. The van der Waals surface area contributed by atoms with Gasteiger partial charge in [0.15, 0.2) is 0 Å². The second-order valence-corrected chi connectivity index (χ2v) is 4.47. The lowest BCUT2D eigenvalue weighted by molar-refractivity contribution is 0.253. The maximum atomic E-state index is 9.31. The van der Waals surface area contributed by atoms with Crippen molar-refractivity contribution in [3.63, 3.8) is 0 Å². The zero-order valence-electron chi connectivity index (χ0n) is 11.7. The molecule has 2 nitrogen and oxygen atoms in total. The second kappa shape index (κ2) is 8.33. The highest BCUT2D eigenvalue weighted by atomic mass is 16.5. The van der Waals surface area contributed by atoms with Crippen LogP contribution < -0.4 is 4.74 Å². The summed E-state index contributed by atoms with van der Waals surface area (Å²) >= 11 is 0. The molecule has 1 aromatic carbocycles. The summed E-state index contributed by atoms with van der Waals surface area (Å²) in [5.41, 5.74) is 2.22.